The average Bonchev–Trinajstić information content (AvgIpc) is 2.65. The van der Waals surface area contributed by atoms with Crippen LogP contribution in [-0.2, 0) is 0 Å². The summed E-state index contributed by atoms with van der Waals surface area (Å²) in [5.41, 5.74) is 4.70. The van der Waals surface area contributed by atoms with Crippen LogP contribution in [0.4, 0.5) is 17.3 Å². The molecule has 2 aromatic carbocycles. The Hall–Kier alpha value is -3.41. The van der Waals surface area contributed by atoms with Gasteiger partial charge in [-0.25, -0.2) is 9.97 Å². The van der Waals surface area contributed by atoms with Gasteiger partial charge in [0.1, 0.15) is 11.4 Å². The van der Waals surface area contributed by atoms with E-state index in [0.717, 1.165) is 16.8 Å². The van der Waals surface area contributed by atoms with E-state index >= 15 is 0 Å². The fourth-order valence-electron chi connectivity index (χ4n) is 2.98. The second-order valence-corrected chi connectivity index (χ2v) is 7.23. The van der Waals surface area contributed by atoms with Crippen molar-refractivity contribution in [3.63, 3.8) is 0 Å². The van der Waals surface area contributed by atoms with E-state index in [2.05, 4.69) is 20.6 Å². The number of ether oxygens (including phenoxy) is 1. The zero-order chi connectivity index (χ0) is 21.0. The maximum Gasteiger partial charge on any atom is 0.274 e. The third-order valence-electron chi connectivity index (χ3n) is 4.30. The van der Waals surface area contributed by atoms with E-state index in [0.29, 0.717) is 23.1 Å². The lowest BCUT2D eigenvalue weighted by atomic mass is 10.1. The molecule has 0 saturated carbocycles. The molecule has 0 aliphatic rings. The predicted molar refractivity (Wildman–Crippen MR) is 116 cm³/mol. The molecule has 0 aliphatic carbocycles. The van der Waals surface area contributed by atoms with E-state index in [1.807, 2.05) is 71.0 Å². The molecule has 0 atom stereocenters. The van der Waals surface area contributed by atoms with Crippen LogP contribution >= 0.6 is 0 Å². The second kappa shape index (κ2) is 8.73. The molecule has 3 aromatic rings. The van der Waals surface area contributed by atoms with Crippen molar-refractivity contribution >= 4 is 23.2 Å². The van der Waals surface area contributed by atoms with Crippen molar-refractivity contribution in [1.82, 2.24) is 9.97 Å². The summed E-state index contributed by atoms with van der Waals surface area (Å²) in [4.78, 5) is 21.7. The van der Waals surface area contributed by atoms with Crippen LogP contribution < -0.4 is 15.4 Å². The first-order valence-corrected chi connectivity index (χ1v) is 9.59. The number of aryl methyl sites for hydroxylation is 3. The lowest BCUT2D eigenvalue weighted by Gasteiger charge is -2.15. The fourth-order valence-corrected chi connectivity index (χ4v) is 2.98. The van der Waals surface area contributed by atoms with Crippen LogP contribution in [0.1, 0.15) is 41.2 Å². The number of nitrogens with one attached hydrogen (secondary N) is 2. The van der Waals surface area contributed by atoms with Crippen molar-refractivity contribution in [2.75, 3.05) is 10.6 Å². The molecule has 2 N–H and O–H groups in total. The Morgan fingerprint density at radius 3 is 2.34 bits per heavy atom. The smallest absolute Gasteiger partial charge is 0.274 e. The lowest BCUT2D eigenvalue weighted by Crippen LogP contribution is -2.17. The van der Waals surface area contributed by atoms with Gasteiger partial charge in [0.25, 0.3) is 5.91 Å². The van der Waals surface area contributed by atoms with Gasteiger partial charge in [-0.1, -0.05) is 30.3 Å². The van der Waals surface area contributed by atoms with Gasteiger partial charge < -0.3 is 15.4 Å². The van der Waals surface area contributed by atoms with Gasteiger partial charge in [0, 0.05) is 11.4 Å². The van der Waals surface area contributed by atoms with Gasteiger partial charge in [-0.3, -0.25) is 4.79 Å². The minimum atomic E-state index is -0.320. The van der Waals surface area contributed by atoms with Gasteiger partial charge in [0.15, 0.2) is 0 Å². The third kappa shape index (κ3) is 5.10. The summed E-state index contributed by atoms with van der Waals surface area (Å²) < 4.78 is 5.78. The molecule has 6 heteroatoms. The number of aromatic nitrogens is 2. The maximum absolute atomic E-state index is 12.9. The molecular weight excluding hydrogens is 364 g/mol. The Balaban J connectivity index is 1.86. The Labute approximate surface area is 171 Å². The highest BCUT2D eigenvalue weighted by molar-refractivity contribution is 6.04. The van der Waals surface area contributed by atoms with Gasteiger partial charge in [-0.15, -0.1) is 0 Å². The number of carbonyl (C=O) groups is 1. The molecule has 0 aliphatic heterocycles. The van der Waals surface area contributed by atoms with Crippen molar-refractivity contribution in [2.24, 2.45) is 0 Å². The highest BCUT2D eigenvalue weighted by Gasteiger charge is 2.15. The van der Waals surface area contributed by atoms with Crippen LogP contribution in [0.25, 0.3) is 0 Å². The molecule has 0 saturated heterocycles. The SMILES string of the molecule is Cc1cc(C(=O)Nc2ccccc2OC(C)C)nc(Nc2c(C)cccc2C)n1. The summed E-state index contributed by atoms with van der Waals surface area (Å²) in [7, 11) is 0. The first kappa shape index (κ1) is 20.3. The topological polar surface area (TPSA) is 76.1 Å². The summed E-state index contributed by atoms with van der Waals surface area (Å²) in [6, 6.07) is 15.1. The largest absolute Gasteiger partial charge is 0.489 e. The van der Waals surface area contributed by atoms with E-state index in [4.69, 9.17) is 4.74 Å². The van der Waals surface area contributed by atoms with Crippen LogP contribution in [0.15, 0.2) is 48.5 Å². The van der Waals surface area contributed by atoms with Gasteiger partial charge in [-0.05, 0) is 63.9 Å². The minimum Gasteiger partial charge on any atom is -0.489 e. The van der Waals surface area contributed by atoms with Crippen LogP contribution in [0.2, 0.25) is 0 Å². The minimum absolute atomic E-state index is 0.00232. The number of hydrogen-bond acceptors (Lipinski definition) is 5. The van der Waals surface area contributed by atoms with Crippen LogP contribution in [0.5, 0.6) is 5.75 Å². The number of nitrogens with zero attached hydrogens (tertiary/aromatic N) is 2. The molecule has 150 valence electrons. The third-order valence-corrected chi connectivity index (χ3v) is 4.30. The van der Waals surface area contributed by atoms with Crippen molar-refractivity contribution < 1.29 is 9.53 Å². The summed E-state index contributed by atoms with van der Waals surface area (Å²) in [5.74, 6) is 0.689. The number of carbonyl (C=O) groups excluding carboxylic acids is 1. The van der Waals surface area contributed by atoms with Crippen LogP contribution in [-0.4, -0.2) is 22.0 Å². The summed E-state index contributed by atoms with van der Waals surface area (Å²) in [5, 5.41) is 6.14. The van der Waals surface area contributed by atoms with E-state index in [1.165, 1.54) is 0 Å². The standard InChI is InChI=1S/C23H26N4O2/c1-14(2)29-20-12-7-6-11-18(20)25-22(28)19-13-17(5)24-23(26-19)27-21-15(3)9-8-10-16(21)4/h6-14H,1-5H3,(H,25,28)(H,24,26,27). The number of rotatable bonds is 6. The first-order valence-electron chi connectivity index (χ1n) is 9.59. The molecule has 6 nitrogen and oxygen atoms in total. The molecule has 0 fully saturated rings. The number of anilines is 3. The van der Waals surface area contributed by atoms with Gasteiger partial charge >= 0.3 is 0 Å². The molecule has 1 aromatic heterocycles. The molecular formula is C23H26N4O2. The number of amides is 1. The highest BCUT2D eigenvalue weighted by Crippen LogP contribution is 2.26. The van der Waals surface area contributed by atoms with Crippen molar-refractivity contribution in [2.45, 2.75) is 40.7 Å². The highest BCUT2D eigenvalue weighted by atomic mass is 16.5. The molecule has 0 spiro atoms. The summed E-state index contributed by atoms with van der Waals surface area (Å²) >= 11 is 0. The van der Waals surface area contributed by atoms with Crippen molar-refractivity contribution in [3.8, 4) is 5.75 Å². The van der Waals surface area contributed by atoms with Gasteiger partial charge in [-0.2, -0.15) is 0 Å². The Morgan fingerprint density at radius 1 is 0.966 bits per heavy atom. The van der Waals surface area contributed by atoms with E-state index in [9.17, 15) is 4.79 Å². The molecule has 29 heavy (non-hydrogen) atoms. The van der Waals surface area contributed by atoms with E-state index in [-0.39, 0.29) is 17.7 Å². The van der Waals surface area contributed by atoms with Crippen LogP contribution in [0.3, 0.4) is 0 Å². The van der Waals surface area contributed by atoms with Gasteiger partial charge in [0.2, 0.25) is 5.95 Å². The van der Waals surface area contributed by atoms with E-state index in [1.54, 1.807) is 12.1 Å². The zero-order valence-electron chi connectivity index (χ0n) is 17.4. The first-order chi connectivity index (χ1) is 13.8. The van der Waals surface area contributed by atoms with Crippen molar-refractivity contribution in [1.29, 1.82) is 0 Å². The molecule has 1 heterocycles. The van der Waals surface area contributed by atoms with Crippen molar-refractivity contribution in [3.05, 3.63) is 71.0 Å². The second-order valence-electron chi connectivity index (χ2n) is 7.23. The molecule has 0 radical (unpaired) electrons. The normalized spacial score (nSPS) is 10.7. The van der Waals surface area contributed by atoms with E-state index < -0.39 is 0 Å². The zero-order valence-corrected chi connectivity index (χ0v) is 17.4. The summed E-state index contributed by atoms with van der Waals surface area (Å²) in [6.45, 7) is 9.76. The Morgan fingerprint density at radius 2 is 1.66 bits per heavy atom. The maximum atomic E-state index is 12.9. The van der Waals surface area contributed by atoms with Gasteiger partial charge in [0.05, 0.1) is 11.8 Å². The number of para-hydroxylation sites is 3. The summed E-state index contributed by atoms with van der Waals surface area (Å²) in [6.07, 6.45) is 0.00232. The number of hydrogen-bond donors (Lipinski definition) is 2. The molecule has 0 bridgehead atoms. The lowest BCUT2D eigenvalue weighted by molar-refractivity contribution is 0.102. The average molecular weight is 390 g/mol. The predicted octanol–water partition coefficient (Wildman–Crippen LogP) is 5.18. The quantitative estimate of drug-likeness (QED) is 0.606. The fraction of sp³-hybridized carbons (Fsp3) is 0.261. The molecule has 0 unspecified atom stereocenters. The van der Waals surface area contributed by atoms with Crippen LogP contribution in [0, 0.1) is 20.8 Å². The monoisotopic (exact) mass is 390 g/mol. The Bertz CT molecular complexity index is 1010. The molecule has 1 amide bonds. The number of benzene rings is 2. The molecule has 3 rings (SSSR count). The Kier molecular flexibility index (Phi) is 6.12.